The number of benzene rings is 1. The molecule has 0 nitrogen and oxygen atoms in total. The van der Waals surface area contributed by atoms with E-state index in [2.05, 4.69) is 85.9 Å². The molecule has 3 saturated carbocycles. The van der Waals surface area contributed by atoms with Crippen molar-refractivity contribution in [2.75, 3.05) is 0 Å². The summed E-state index contributed by atoms with van der Waals surface area (Å²) < 4.78 is 3.34. The van der Waals surface area contributed by atoms with Gasteiger partial charge in [0, 0.05) is 0 Å². The molecule has 0 spiro atoms. The summed E-state index contributed by atoms with van der Waals surface area (Å²) in [4.78, 5) is 0. The van der Waals surface area contributed by atoms with Crippen molar-refractivity contribution in [3.63, 3.8) is 0 Å². The number of hydrogen-bond donors (Lipinski definition) is 0. The van der Waals surface area contributed by atoms with Crippen molar-refractivity contribution in [3.05, 3.63) is 108 Å². The summed E-state index contributed by atoms with van der Waals surface area (Å²) in [5.41, 5.74) is 9.71. The van der Waals surface area contributed by atoms with Crippen LogP contribution in [0.25, 0.3) is 5.57 Å². The number of hydrogen-bond acceptors (Lipinski definition) is 0. The van der Waals surface area contributed by atoms with Crippen LogP contribution in [-0.2, 0) is 30.7 Å². The van der Waals surface area contributed by atoms with Crippen molar-refractivity contribution in [3.8, 4) is 0 Å². The molecule has 0 aromatic heterocycles. The quantitative estimate of drug-likeness (QED) is 0.265. The summed E-state index contributed by atoms with van der Waals surface area (Å²) in [6.07, 6.45) is 44.7. The molecule has 3 heteroatoms. The van der Waals surface area contributed by atoms with Gasteiger partial charge in [-0.2, -0.15) is 37.3 Å². The Bertz CT molecular complexity index is 1130. The fourth-order valence-corrected chi connectivity index (χ4v) is 8.33. The van der Waals surface area contributed by atoms with Gasteiger partial charge >= 0.3 is 28.4 Å². The first-order valence-corrected chi connectivity index (χ1v) is 19.8. The summed E-state index contributed by atoms with van der Waals surface area (Å²) in [7, 11) is 0. The molecule has 0 saturated heterocycles. The van der Waals surface area contributed by atoms with Gasteiger partial charge in [-0.15, -0.1) is 37.7 Å². The third-order valence-electron chi connectivity index (χ3n) is 10.7. The molecular formula is C43H60Cl2Zr-4. The second-order valence-corrected chi connectivity index (χ2v) is 13.4. The van der Waals surface area contributed by atoms with Gasteiger partial charge < -0.3 is 12.8 Å². The second-order valence-electron chi connectivity index (χ2n) is 13.4. The van der Waals surface area contributed by atoms with Gasteiger partial charge in [0.1, 0.15) is 0 Å². The molecule has 7 aliphatic carbocycles. The summed E-state index contributed by atoms with van der Waals surface area (Å²) in [5.74, 6) is 3.52. The molecule has 3 fully saturated rings. The average molecular weight is 739 g/mol. The molecular weight excluding hydrogens is 679 g/mol. The van der Waals surface area contributed by atoms with E-state index in [9.17, 15) is 0 Å². The number of halogens is 2. The first-order chi connectivity index (χ1) is 21.8. The van der Waals surface area contributed by atoms with Crippen molar-refractivity contribution in [2.45, 2.75) is 123 Å². The van der Waals surface area contributed by atoms with Crippen LogP contribution in [0.4, 0.5) is 0 Å². The van der Waals surface area contributed by atoms with E-state index in [1.165, 1.54) is 126 Å². The van der Waals surface area contributed by atoms with Crippen LogP contribution in [0.5, 0.6) is 0 Å². The Labute approximate surface area is 311 Å². The molecule has 0 amide bonds. The van der Waals surface area contributed by atoms with Crippen LogP contribution in [0.15, 0.2) is 71.4 Å². The molecule has 8 rings (SSSR count). The Kier molecular flexibility index (Phi) is 21.1. The predicted octanol–water partition coefficient (Wildman–Crippen LogP) is 13.0. The average Bonchev–Trinajstić information content (AvgIpc) is 3.84. The Hall–Kier alpha value is -0.877. The first-order valence-electron chi connectivity index (χ1n) is 18.0. The van der Waals surface area contributed by atoms with Gasteiger partial charge in [-0.1, -0.05) is 130 Å². The van der Waals surface area contributed by atoms with Crippen molar-refractivity contribution >= 4 is 34.6 Å². The SMILES string of the molecule is C1=CC2=C3C(=C4[CH-]CCCC4C2CC1)Cc1ccccc13.C[CH-]C1CCCCC1.C[CH-]C1CCCCC1.Cl.Cl.[C-]1=CC=CC1.[CH2]=[Zr]. The second kappa shape index (κ2) is 23.5. The first kappa shape index (κ1) is 41.3. The van der Waals surface area contributed by atoms with Crippen LogP contribution in [0.2, 0.25) is 0 Å². The van der Waals surface area contributed by atoms with Gasteiger partial charge in [-0.05, 0) is 36.7 Å². The molecule has 0 heterocycles. The van der Waals surface area contributed by atoms with Gasteiger partial charge in [0.05, 0.1) is 0 Å². The normalized spacial score (nSPS) is 23.7. The summed E-state index contributed by atoms with van der Waals surface area (Å²) >= 11 is 1.30. The third kappa shape index (κ3) is 11.6. The van der Waals surface area contributed by atoms with E-state index < -0.39 is 0 Å². The van der Waals surface area contributed by atoms with E-state index in [1.54, 1.807) is 27.9 Å². The van der Waals surface area contributed by atoms with Crippen molar-refractivity contribution in [1.82, 2.24) is 0 Å². The molecule has 2 atom stereocenters. The van der Waals surface area contributed by atoms with Crippen LogP contribution >= 0.6 is 24.8 Å². The van der Waals surface area contributed by atoms with Crippen molar-refractivity contribution in [2.24, 2.45) is 23.7 Å². The number of allylic oxidation sites excluding steroid dienone is 10. The van der Waals surface area contributed by atoms with Gasteiger partial charge in [0.15, 0.2) is 0 Å². The van der Waals surface area contributed by atoms with E-state index in [-0.39, 0.29) is 24.8 Å². The third-order valence-corrected chi connectivity index (χ3v) is 10.7. The Morgan fingerprint density at radius 2 is 1.43 bits per heavy atom. The van der Waals surface area contributed by atoms with Crippen LogP contribution in [0.1, 0.15) is 128 Å². The number of rotatable bonds is 2. The zero-order valence-corrected chi connectivity index (χ0v) is 32.9. The summed E-state index contributed by atoms with van der Waals surface area (Å²) in [6, 6.07) is 9.07. The van der Waals surface area contributed by atoms with Crippen LogP contribution in [0, 0.1) is 49.0 Å². The van der Waals surface area contributed by atoms with Crippen LogP contribution < -0.4 is 0 Å². The van der Waals surface area contributed by atoms with E-state index in [0.29, 0.717) is 0 Å². The zero-order chi connectivity index (χ0) is 31.0. The van der Waals surface area contributed by atoms with Crippen LogP contribution in [0.3, 0.4) is 0 Å². The van der Waals surface area contributed by atoms with Gasteiger partial charge in [0.25, 0.3) is 0 Å². The van der Waals surface area contributed by atoms with Gasteiger partial charge in [-0.25, -0.2) is 24.1 Å². The molecule has 0 bridgehead atoms. The van der Waals surface area contributed by atoms with Crippen molar-refractivity contribution < 1.29 is 24.2 Å². The Morgan fingerprint density at radius 1 is 0.783 bits per heavy atom. The topological polar surface area (TPSA) is 0 Å². The maximum atomic E-state index is 3.34. The molecule has 1 aromatic carbocycles. The number of fused-ring (bicyclic) bond motifs is 6. The maximum absolute atomic E-state index is 3.34. The van der Waals surface area contributed by atoms with Gasteiger partial charge in [0.2, 0.25) is 0 Å². The standard InChI is InChI=1S/C21H21.2C8H15.C5H5.CH2.2ClH.Zr/c1-2-8-15-14(7-1)13-20-18-11-4-3-9-16(18)17-10-5-6-12-19(17)21(15)20;2*1-2-8-6-4-3-5-7-8;1-2-4-5-3-1;;;;/h1-2,6-8,11-12,16-17H,3-5,9-10,13H2;2*2,8H,3-7H2,1H3;1-3H,4H2;1H2;2*1H;/q4*-1;;;;. The van der Waals surface area contributed by atoms with E-state index in [1.807, 2.05) is 12.2 Å². The zero-order valence-electron chi connectivity index (χ0n) is 28.8. The predicted molar refractivity (Wildman–Crippen MR) is 204 cm³/mol. The van der Waals surface area contributed by atoms with Crippen LogP contribution in [-0.4, -0.2) is 4.21 Å². The molecule has 0 N–H and O–H groups in total. The molecule has 0 radical (unpaired) electrons. The minimum atomic E-state index is 0. The fraction of sp³-hybridized carbons (Fsp3) is 0.535. The fourth-order valence-electron chi connectivity index (χ4n) is 8.33. The molecule has 254 valence electrons. The van der Waals surface area contributed by atoms with Crippen molar-refractivity contribution in [1.29, 1.82) is 0 Å². The Balaban J connectivity index is 0.000000245. The van der Waals surface area contributed by atoms with E-state index in [4.69, 9.17) is 0 Å². The molecule has 46 heavy (non-hydrogen) atoms. The molecule has 0 aliphatic heterocycles. The van der Waals surface area contributed by atoms with E-state index in [0.717, 1.165) is 36.5 Å². The monoisotopic (exact) mass is 736 g/mol. The molecule has 1 aromatic rings. The molecule has 2 unspecified atom stereocenters. The Morgan fingerprint density at radius 3 is 1.98 bits per heavy atom. The molecule has 7 aliphatic rings. The summed E-state index contributed by atoms with van der Waals surface area (Å²) in [6.45, 7) is 4.38. The van der Waals surface area contributed by atoms with Gasteiger partial charge in [-0.3, -0.25) is 6.08 Å². The van der Waals surface area contributed by atoms with E-state index >= 15 is 0 Å². The summed E-state index contributed by atoms with van der Waals surface area (Å²) in [5, 5.41) is 0. The minimum absolute atomic E-state index is 0.